The lowest BCUT2D eigenvalue weighted by Crippen LogP contribution is -2.00. The molecule has 108 valence electrons. The summed E-state index contributed by atoms with van der Waals surface area (Å²) in [5.74, 6) is 2.40. The van der Waals surface area contributed by atoms with Gasteiger partial charge in [0.15, 0.2) is 11.5 Å². The number of aromatic amines is 1. The first-order valence-corrected chi connectivity index (χ1v) is 6.62. The second-order valence-electron chi connectivity index (χ2n) is 5.10. The van der Waals surface area contributed by atoms with Crippen LogP contribution in [0.15, 0.2) is 18.2 Å². The van der Waals surface area contributed by atoms with Crippen molar-refractivity contribution >= 4 is 5.82 Å². The standard InChI is InChI=1S/C15H21N3O2/c1-9(2)8-11-13(17-18-15(11)16)10-6-5-7-12(19-3)14(10)20-4/h5-7,9H,8H2,1-4H3,(H3,16,17,18). The Balaban J connectivity index is 2.57. The van der Waals surface area contributed by atoms with Gasteiger partial charge in [-0.15, -0.1) is 0 Å². The topological polar surface area (TPSA) is 73.2 Å². The first-order chi connectivity index (χ1) is 9.58. The highest BCUT2D eigenvalue weighted by Crippen LogP contribution is 2.39. The minimum absolute atomic E-state index is 0.491. The number of benzene rings is 1. The van der Waals surface area contributed by atoms with Crippen LogP contribution in [-0.2, 0) is 6.42 Å². The van der Waals surface area contributed by atoms with E-state index in [1.54, 1.807) is 14.2 Å². The number of aromatic nitrogens is 2. The van der Waals surface area contributed by atoms with Gasteiger partial charge in [-0.2, -0.15) is 5.10 Å². The van der Waals surface area contributed by atoms with Gasteiger partial charge in [0.1, 0.15) is 5.82 Å². The number of ether oxygens (including phenoxy) is 2. The van der Waals surface area contributed by atoms with Crippen molar-refractivity contribution in [3.8, 4) is 22.8 Å². The van der Waals surface area contributed by atoms with Crippen molar-refractivity contribution in [1.29, 1.82) is 0 Å². The van der Waals surface area contributed by atoms with Gasteiger partial charge >= 0.3 is 0 Å². The third kappa shape index (κ3) is 2.57. The first kappa shape index (κ1) is 14.2. The summed E-state index contributed by atoms with van der Waals surface area (Å²) in [5.41, 5.74) is 8.80. The molecular formula is C15H21N3O2. The highest BCUT2D eigenvalue weighted by Gasteiger charge is 2.19. The average Bonchev–Trinajstić information content (AvgIpc) is 2.78. The molecule has 20 heavy (non-hydrogen) atoms. The second kappa shape index (κ2) is 5.86. The Labute approximate surface area is 119 Å². The summed E-state index contributed by atoms with van der Waals surface area (Å²) in [6.07, 6.45) is 0.859. The zero-order chi connectivity index (χ0) is 14.7. The normalized spacial score (nSPS) is 10.8. The van der Waals surface area contributed by atoms with Gasteiger partial charge < -0.3 is 15.2 Å². The molecule has 1 aromatic heterocycles. The number of anilines is 1. The molecule has 0 aliphatic carbocycles. The predicted molar refractivity (Wildman–Crippen MR) is 80.1 cm³/mol. The zero-order valence-corrected chi connectivity index (χ0v) is 12.4. The van der Waals surface area contributed by atoms with E-state index in [9.17, 15) is 0 Å². The Kier molecular flexibility index (Phi) is 4.17. The number of hydrogen-bond donors (Lipinski definition) is 2. The summed E-state index contributed by atoms with van der Waals surface area (Å²) in [6.45, 7) is 4.30. The van der Waals surface area contributed by atoms with Crippen LogP contribution in [0.3, 0.4) is 0 Å². The fourth-order valence-electron chi connectivity index (χ4n) is 2.30. The van der Waals surface area contributed by atoms with Crippen LogP contribution >= 0.6 is 0 Å². The minimum atomic E-state index is 0.491. The number of hydrogen-bond acceptors (Lipinski definition) is 4. The van der Waals surface area contributed by atoms with Crippen molar-refractivity contribution in [1.82, 2.24) is 10.2 Å². The van der Waals surface area contributed by atoms with Crippen LogP contribution in [0.2, 0.25) is 0 Å². The van der Waals surface area contributed by atoms with Crippen LogP contribution < -0.4 is 15.2 Å². The molecule has 0 radical (unpaired) electrons. The Morgan fingerprint density at radius 2 is 2.00 bits per heavy atom. The predicted octanol–water partition coefficient (Wildman–Crippen LogP) is 2.87. The van der Waals surface area contributed by atoms with Gasteiger partial charge in [0.05, 0.1) is 19.9 Å². The molecule has 0 aliphatic rings. The number of para-hydroxylation sites is 1. The van der Waals surface area contributed by atoms with E-state index in [2.05, 4.69) is 24.0 Å². The highest BCUT2D eigenvalue weighted by molar-refractivity contribution is 5.76. The maximum absolute atomic E-state index is 5.97. The molecule has 0 amide bonds. The molecule has 3 N–H and O–H groups in total. The molecule has 0 unspecified atom stereocenters. The Bertz CT molecular complexity index is 591. The number of nitrogens with one attached hydrogen (secondary N) is 1. The first-order valence-electron chi connectivity index (χ1n) is 6.62. The van der Waals surface area contributed by atoms with Gasteiger partial charge in [0, 0.05) is 11.1 Å². The number of nitrogens with two attached hydrogens (primary N) is 1. The van der Waals surface area contributed by atoms with E-state index in [0.717, 1.165) is 23.2 Å². The molecule has 1 aromatic carbocycles. The van der Waals surface area contributed by atoms with Gasteiger partial charge in [-0.1, -0.05) is 19.9 Å². The third-order valence-electron chi connectivity index (χ3n) is 3.18. The monoisotopic (exact) mass is 275 g/mol. The van der Waals surface area contributed by atoms with Crippen molar-refractivity contribution < 1.29 is 9.47 Å². The number of methoxy groups -OCH3 is 2. The van der Waals surface area contributed by atoms with E-state index < -0.39 is 0 Å². The summed E-state index contributed by atoms with van der Waals surface area (Å²) in [5, 5.41) is 7.14. The van der Waals surface area contributed by atoms with Gasteiger partial charge in [-0.3, -0.25) is 5.10 Å². The number of H-pyrrole nitrogens is 1. The fourth-order valence-corrected chi connectivity index (χ4v) is 2.30. The molecule has 0 saturated heterocycles. The quantitative estimate of drug-likeness (QED) is 0.880. The molecule has 0 aliphatic heterocycles. The number of nitrogen functional groups attached to an aromatic ring is 1. The largest absolute Gasteiger partial charge is 0.493 e. The molecule has 5 heteroatoms. The summed E-state index contributed by atoms with van der Waals surface area (Å²) < 4.78 is 10.8. The van der Waals surface area contributed by atoms with Crippen LogP contribution in [-0.4, -0.2) is 24.4 Å². The van der Waals surface area contributed by atoms with E-state index in [4.69, 9.17) is 15.2 Å². The average molecular weight is 275 g/mol. The molecule has 0 bridgehead atoms. The van der Waals surface area contributed by atoms with Crippen molar-refractivity contribution in [3.05, 3.63) is 23.8 Å². The smallest absolute Gasteiger partial charge is 0.170 e. The fraction of sp³-hybridized carbons (Fsp3) is 0.400. The van der Waals surface area contributed by atoms with Crippen molar-refractivity contribution in [2.45, 2.75) is 20.3 Å². The number of nitrogens with zero attached hydrogens (tertiary/aromatic N) is 1. The SMILES string of the molecule is COc1cccc(-c2[nH]nc(N)c2CC(C)C)c1OC. The van der Waals surface area contributed by atoms with Crippen LogP contribution in [0.1, 0.15) is 19.4 Å². The summed E-state index contributed by atoms with van der Waals surface area (Å²) in [6, 6.07) is 5.76. The lowest BCUT2D eigenvalue weighted by molar-refractivity contribution is 0.356. The molecule has 0 atom stereocenters. The van der Waals surface area contributed by atoms with Gasteiger partial charge in [-0.25, -0.2) is 0 Å². The molecule has 0 saturated carbocycles. The number of rotatable bonds is 5. The van der Waals surface area contributed by atoms with Gasteiger partial charge in [-0.05, 0) is 24.5 Å². The maximum atomic E-state index is 5.97. The van der Waals surface area contributed by atoms with Crippen LogP contribution in [0.25, 0.3) is 11.3 Å². The van der Waals surface area contributed by atoms with Crippen molar-refractivity contribution in [3.63, 3.8) is 0 Å². The molecule has 2 aromatic rings. The van der Waals surface area contributed by atoms with Crippen LogP contribution in [0.4, 0.5) is 5.82 Å². The second-order valence-corrected chi connectivity index (χ2v) is 5.10. The third-order valence-corrected chi connectivity index (χ3v) is 3.18. The summed E-state index contributed by atoms with van der Waals surface area (Å²) in [4.78, 5) is 0. The van der Waals surface area contributed by atoms with Crippen molar-refractivity contribution in [2.75, 3.05) is 20.0 Å². The van der Waals surface area contributed by atoms with E-state index in [-0.39, 0.29) is 0 Å². The van der Waals surface area contributed by atoms with Crippen LogP contribution in [0, 0.1) is 5.92 Å². The molecule has 5 nitrogen and oxygen atoms in total. The Morgan fingerprint density at radius 1 is 1.25 bits per heavy atom. The van der Waals surface area contributed by atoms with E-state index >= 15 is 0 Å². The summed E-state index contributed by atoms with van der Waals surface area (Å²) >= 11 is 0. The maximum Gasteiger partial charge on any atom is 0.170 e. The van der Waals surface area contributed by atoms with E-state index in [1.165, 1.54) is 0 Å². The van der Waals surface area contributed by atoms with Crippen LogP contribution in [0.5, 0.6) is 11.5 Å². The zero-order valence-electron chi connectivity index (χ0n) is 12.4. The lowest BCUT2D eigenvalue weighted by Gasteiger charge is -2.13. The lowest BCUT2D eigenvalue weighted by atomic mass is 9.98. The van der Waals surface area contributed by atoms with Gasteiger partial charge in [0.25, 0.3) is 0 Å². The molecule has 2 rings (SSSR count). The Morgan fingerprint density at radius 3 is 2.60 bits per heavy atom. The van der Waals surface area contributed by atoms with Crippen molar-refractivity contribution in [2.24, 2.45) is 5.92 Å². The molecular weight excluding hydrogens is 254 g/mol. The minimum Gasteiger partial charge on any atom is -0.493 e. The van der Waals surface area contributed by atoms with Gasteiger partial charge in [0.2, 0.25) is 0 Å². The summed E-state index contributed by atoms with van der Waals surface area (Å²) in [7, 11) is 3.25. The molecule has 0 spiro atoms. The molecule has 1 heterocycles. The van der Waals surface area contributed by atoms with E-state index in [0.29, 0.717) is 23.2 Å². The van der Waals surface area contributed by atoms with E-state index in [1.807, 2.05) is 18.2 Å². The highest BCUT2D eigenvalue weighted by atomic mass is 16.5. The Hall–Kier alpha value is -2.17. The molecule has 0 fully saturated rings.